The quantitative estimate of drug-likeness (QED) is 0.572. The van der Waals surface area contributed by atoms with E-state index in [4.69, 9.17) is 4.74 Å². The molecule has 0 unspecified atom stereocenters. The zero-order valence-electron chi connectivity index (χ0n) is 11.8. The fourth-order valence-electron chi connectivity index (χ4n) is 2.12. The molecule has 0 fully saturated rings. The van der Waals surface area contributed by atoms with Gasteiger partial charge in [-0.2, -0.15) is 0 Å². The Hall–Kier alpha value is -2.67. The number of benzene rings is 2. The zero-order chi connectivity index (χ0) is 15.5. The van der Waals surface area contributed by atoms with Crippen LogP contribution in [0.5, 0.6) is 5.75 Å². The van der Waals surface area contributed by atoms with Crippen molar-refractivity contribution in [3.8, 4) is 5.75 Å². The van der Waals surface area contributed by atoms with Crippen molar-refractivity contribution in [3.05, 3.63) is 58.1 Å². The van der Waals surface area contributed by atoms with E-state index in [1.807, 2.05) is 18.2 Å². The van der Waals surface area contributed by atoms with Crippen LogP contribution in [-0.2, 0) is 6.54 Å². The van der Waals surface area contributed by atoms with E-state index in [1.54, 1.807) is 25.3 Å². The van der Waals surface area contributed by atoms with Crippen molar-refractivity contribution in [1.82, 2.24) is 4.98 Å². The molecule has 0 aliphatic carbocycles. The van der Waals surface area contributed by atoms with E-state index in [1.165, 1.54) is 17.4 Å². The van der Waals surface area contributed by atoms with Crippen molar-refractivity contribution in [2.45, 2.75) is 6.54 Å². The maximum atomic E-state index is 11.0. The first-order valence-electron chi connectivity index (χ1n) is 6.58. The highest BCUT2D eigenvalue weighted by molar-refractivity contribution is 7.22. The summed E-state index contributed by atoms with van der Waals surface area (Å²) < 4.78 is 6.19. The van der Waals surface area contributed by atoms with Gasteiger partial charge in [-0.05, 0) is 18.2 Å². The third kappa shape index (κ3) is 2.84. The van der Waals surface area contributed by atoms with Crippen LogP contribution in [0, 0.1) is 10.1 Å². The van der Waals surface area contributed by atoms with Gasteiger partial charge in [-0.3, -0.25) is 10.1 Å². The Kier molecular flexibility index (Phi) is 3.88. The lowest BCUT2D eigenvalue weighted by Crippen LogP contribution is -2.02. The van der Waals surface area contributed by atoms with Gasteiger partial charge in [0.25, 0.3) is 5.69 Å². The lowest BCUT2D eigenvalue weighted by molar-refractivity contribution is -0.385. The monoisotopic (exact) mass is 315 g/mol. The van der Waals surface area contributed by atoms with Crippen molar-refractivity contribution < 1.29 is 9.66 Å². The summed E-state index contributed by atoms with van der Waals surface area (Å²) >= 11 is 1.49. The Morgan fingerprint density at radius 3 is 2.91 bits per heavy atom. The Morgan fingerprint density at radius 1 is 1.32 bits per heavy atom. The molecule has 3 rings (SSSR count). The van der Waals surface area contributed by atoms with Gasteiger partial charge >= 0.3 is 0 Å². The summed E-state index contributed by atoms with van der Waals surface area (Å²) in [6.45, 7) is 0.355. The summed E-state index contributed by atoms with van der Waals surface area (Å²) in [4.78, 5) is 15.1. The van der Waals surface area contributed by atoms with Crippen molar-refractivity contribution in [1.29, 1.82) is 0 Å². The lowest BCUT2D eigenvalue weighted by Gasteiger charge is -2.03. The second-order valence-electron chi connectivity index (χ2n) is 4.59. The molecule has 112 valence electrons. The van der Waals surface area contributed by atoms with Crippen LogP contribution in [0.1, 0.15) is 5.56 Å². The second-order valence-corrected chi connectivity index (χ2v) is 5.62. The van der Waals surface area contributed by atoms with Crippen molar-refractivity contribution in [2.75, 3.05) is 12.4 Å². The number of hydrogen-bond donors (Lipinski definition) is 1. The SMILES string of the molecule is COc1ccc2nc(NCc3ccccc3[N+](=O)[O-])sc2c1. The number of thiazole rings is 1. The average Bonchev–Trinajstić information content (AvgIpc) is 2.94. The standard InChI is InChI=1S/C15H13N3O3S/c1-21-11-6-7-12-14(8-11)22-15(17-12)16-9-10-4-2-3-5-13(10)18(19)20/h2-8H,9H2,1H3,(H,16,17). The number of anilines is 1. The number of nitrogens with zero attached hydrogens (tertiary/aromatic N) is 2. The van der Waals surface area contributed by atoms with Crippen LogP contribution in [0.2, 0.25) is 0 Å². The predicted molar refractivity (Wildman–Crippen MR) is 86.6 cm³/mol. The maximum absolute atomic E-state index is 11.0. The first kappa shape index (κ1) is 14.3. The molecule has 6 nitrogen and oxygen atoms in total. The molecule has 0 aliphatic heterocycles. The number of nitro benzene ring substituents is 1. The summed E-state index contributed by atoms with van der Waals surface area (Å²) in [5, 5.41) is 14.9. The van der Waals surface area contributed by atoms with Gasteiger partial charge in [0, 0.05) is 18.2 Å². The third-order valence-electron chi connectivity index (χ3n) is 3.21. The molecule has 0 bridgehead atoms. The minimum Gasteiger partial charge on any atom is -0.497 e. The highest BCUT2D eigenvalue weighted by atomic mass is 32.1. The van der Waals surface area contributed by atoms with Crippen LogP contribution in [0.25, 0.3) is 10.2 Å². The van der Waals surface area contributed by atoms with Crippen molar-refractivity contribution in [2.24, 2.45) is 0 Å². The molecule has 0 spiro atoms. The van der Waals surface area contributed by atoms with E-state index in [0.29, 0.717) is 12.1 Å². The molecule has 0 atom stereocenters. The van der Waals surface area contributed by atoms with E-state index >= 15 is 0 Å². The number of methoxy groups -OCH3 is 1. The number of nitrogens with one attached hydrogen (secondary N) is 1. The molecule has 22 heavy (non-hydrogen) atoms. The molecule has 3 aromatic rings. The van der Waals surface area contributed by atoms with E-state index in [0.717, 1.165) is 21.1 Å². The number of aromatic nitrogens is 1. The lowest BCUT2D eigenvalue weighted by atomic mass is 10.2. The van der Waals surface area contributed by atoms with Gasteiger partial charge in [-0.15, -0.1) is 0 Å². The normalized spacial score (nSPS) is 10.6. The molecule has 7 heteroatoms. The number of hydrogen-bond acceptors (Lipinski definition) is 6. The summed E-state index contributed by atoms with van der Waals surface area (Å²) in [7, 11) is 1.62. The largest absolute Gasteiger partial charge is 0.497 e. The van der Waals surface area contributed by atoms with Crippen LogP contribution in [-0.4, -0.2) is 17.0 Å². The highest BCUT2D eigenvalue weighted by Gasteiger charge is 2.12. The molecule has 0 saturated heterocycles. The van der Waals surface area contributed by atoms with Crippen molar-refractivity contribution in [3.63, 3.8) is 0 Å². The van der Waals surface area contributed by atoms with Gasteiger partial charge in [0.1, 0.15) is 5.75 Å². The van der Waals surface area contributed by atoms with Gasteiger partial charge in [-0.25, -0.2) is 4.98 Å². The van der Waals surface area contributed by atoms with E-state index < -0.39 is 0 Å². The Labute approximate surface area is 130 Å². The Balaban J connectivity index is 1.81. The molecule has 1 aromatic heterocycles. The summed E-state index contributed by atoms with van der Waals surface area (Å²) in [5.74, 6) is 0.779. The predicted octanol–water partition coefficient (Wildman–Crippen LogP) is 3.83. The zero-order valence-corrected chi connectivity index (χ0v) is 12.6. The Morgan fingerprint density at radius 2 is 2.14 bits per heavy atom. The van der Waals surface area contributed by atoms with Gasteiger partial charge in [-0.1, -0.05) is 29.5 Å². The van der Waals surface area contributed by atoms with Crippen LogP contribution in [0.15, 0.2) is 42.5 Å². The maximum Gasteiger partial charge on any atom is 0.274 e. The molecule has 2 aromatic carbocycles. The first-order valence-corrected chi connectivity index (χ1v) is 7.40. The van der Waals surface area contributed by atoms with Crippen LogP contribution >= 0.6 is 11.3 Å². The third-order valence-corrected chi connectivity index (χ3v) is 4.19. The van der Waals surface area contributed by atoms with Crippen LogP contribution < -0.4 is 10.1 Å². The molecule has 1 N–H and O–H groups in total. The molecular weight excluding hydrogens is 302 g/mol. The molecule has 0 saturated carbocycles. The van der Waals surface area contributed by atoms with E-state index in [-0.39, 0.29) is 10.6 Å². The molecular formula is C15H13N3O3S. The highest BCUT2D eigenvalue weighted by Crippen LogP contribution is 2.29. The van der Waals surface area contributed by atoms with Gasteiger partial charge in [0.2, 0.25) is 0 Å². The van der Waals surface area contributed by atoms with Gasteiger partial charge in [0.15, 0.2) is 5.13 Å². The summed E-state index contributed by atoms with van der Waals surface area (Å²) in [6.07, 6.45) is 0. The number of ether oxygens (including phenoxy) is 1. The van der Waals surface area contributed by atoms with Crippen LogP contribution in [0.4, 0.5) is 10.8 Å². The fourth-order valence-corrected chi connectivity index (χ4v) is 3.01. The minimum atomic E-state index is -0.375. The molecule has 0 radical (unpaired) electrons. The summed E-state index contributed by atoms with van der Waals surface area (Å²) in [6, 6.07) is 12.3. The number of fused-ring (bicyclic) bond motifs is 1. The molecule has 0 amide bonds. The Bertz CT molecular complexity index is 832. The smallest absolute Gasteiger partial charge is 0.274 e. The first-order chi connectivity index (χ1) is 10.7. The van der Waals surface area contributed by atoms with Gasteiger partial charge < -0.3 is 10.1 Å². The topological polar surface area (TPSA) is 77.3 Å². The van der Waals surface area contributed by atoms with E-state index in [9.17, 15) is 10.1 Å². The van der Waals surface area contributed by atoms with E-state index in [2.05, 4.69) is 10.3 Å². The number of rotatable bonds is 5. The van der Waals surface area contributed by atoms with Crippen LogP contribution in [0.3, 0.4) is 0 Å². The average molecular weight is 315 g/mol. The molecule has 1 heterocycles. The van der Waals surface area contributed by atoms with Crippen molar-refractivity contribution >= 4 is 32.4 Å². The van der Waals surface area contributed by atoms with Gasteiger partial charge in [0.05, 0.1) is 22.2 Å². The summed E-state index contributed by atoms with van der Waals surface area (Å²) in [5.41, 5.74) is 1.61. The number of para-hydroxylation sites is 1. The molecule has 0 aliphatic rings. The fraction of sp³-hybridized carbons (Fsp3) is 0.133. The minimum absolute atomic E-state index is 0.109. The number of nitro groups is 1. The second kappa shape index (κ2) is 5.98.